The van der Waals surface area contributed by atoms with E-state index in [1.54, 1.807) is 0 Å². The molecule has 1 amide bonds. The van der Waals surface area contributed by atoms with E-state index >= 15 is 0 Å². The number of carbonyl (C=O) groups is 1. The highest BCUT2D eigenvalue weighted by molar-refractivity contribution is 5.76. The van der Waals surface area contributed by atoms with E-state index in [1.807, 2.05) is 6.07 Å². The van der Waals surface area contributed by atoms with Crippen LogP contribution in [0.1, 0.15) is 50.6 Å². The van der Waals surface area contributed by atoms with Gasteiger partial charge < -0.3 is 10.6 Å². The number of rotatable bonds is 6. The lowest BCUT2D eigenvalue weighted by Crippen LogP contribution is -2.35. The first-order valence-corrected chi connectivity index (χ1v) is 8.79. The van der Waals surface area contributed by atoms with Crippen molar-refractivity contribution in [2.75, 3.05) is 13.1 Å². The second-order valence-electron chi connectivity index (χ2n) is 7.06. The van der Waals surface area contributed by atoms with Crippen LogP contribution in [0.5, 0.6) is 0 Å². The lowest BCUT2D eigenvalue weighted by atomic mass is 9.84. The molecule has 1 saturated heterocycles. The van der Waals surface area contributed by atoms with Crippen LogP contribution in [0.3, 0.4) is 0 Å². The third-order valence-corrected chi connectivity index (χ3v) is 5.26. The van der Waals surface area contributed by atoms with Gasteiger partial charge in [-0.05, 0) is 62.1 Å². The molecule has 1 aliphatic carbocycles. The Balaban J connectivity index is 1.55. The third kappa shape index (κ3) is 4.10. The van der Waals surface area contributed by atoms with Crippen LogP contribution in [0.25, 0.3) is 0 Å². The van der Waals surface area contributed by atoms with Crippen molar-refractivity contribution in [3.63, 3.8) is 0 Å². The number of nitrogens with one attached hydrogen (secondary N) is 2. The smallest absolute Gasteiger partial charge is 0.220 e. The van der Waals surface area contributed by atoms with Crippen molar-refractivity contribution in [1.29, 1.82) is 0 Å². The van der Waals surface area contributed by atoms with E-state index in [0.29, 0.717) is 24.2 Å². The summed E-state index contributed by atoms with van der Waals surface area (Å²) in [6.45, 7) is 4.45. The highest BCUT2D eigenvalue weighted by Crippen LogP contribution is 2.41. The molecule has 1 aromatic rings. The number of benzene rings is 1. The predicted molar refractivity (Wildman–Crippen MR) is 89.4 cm³/mol. The molecule has 1 saturated carbocycles. The minimum Gasteiger partial charge on any atom is -0.349 e. The molecular formula is C19H28N2O. The fraction of sp³-hybridized carbons (Fsp3) is 0.632. The Hall–Kier alpha value is -1.35. The molecule has 3 heteroatoms. The normalized spacial score (nSPS) is 22.0. The summed E-state index contributed by atoms with van der Waals surface area (Å²) in [6, 6.07) is 10.7. The van der Waals surface area contributed by atoms with Gasteiger partial charge in [0, 0.05) is 6.42 Å². The van der Waals surface area contributed by atoms with E-state index in [1.165, 1.54) is 31.2 Å². The Morgan fingerprint density at radius 3 is 2.45 bits per heavy atom. The standard InChI is InChI=1S/C19H28N2O/c1-14(15-9-11-20-12-10-15)13-18(22)21-19(17-7-8-17)16-5-3-2-4-6-16/h2-6,14-15,17,19-20H,7-13H2,1H3,(H,21,22). The molecule has 2 N–H and O–H groups in total. The maximum atomic E-state index is 12.5. The second kappa shape index (κ2) is 7.28. The Morgan fingerprint density at radius 1 is 1.14 bits per heavy atom. The first-order chi connectivity index (χ1) is 10.7. The van der Waals surface area contributed by atoms with Crippen molar-refractivity contribution in [3.05, 3.63) is 35.9 Å². The van der Waals surface area contributed by atoms with Crippen LogP contribution in [0, 0.1) is 17.8 Å². The Morgan fingerprint density at radius 2 is 1.82 bits per heavy atom. The summed E-state index contributed by atoms with van der Waals surface area (Å²) >= 11 is 0. The lowest BCUT2D eigenvalue weighted by Gasteiger charge is -2.28. The summed E-state index contributed by atoms with van der Waals surface area (Å²) in [5.74, 6) is 2.05. The largest absolute Gasteiger partial charge is 0.349 e. The van der Waals surface area contributed by atoms with Crippen LogP contribution in [-0.4, -0.2) is 19.0 Å². The minimum absolute atomic E-state index is 0.217. The molecule has 2 aliphatic rings. The van der Waals surface area contributed by atoms with Gasteiger partial charge in [0.2, 0.25) is 5.91 Å². The predicted octanol–water partition coefficient (Wildman–Crippen LogP) is 3.28. The number of piperidine rings is 1. The van der Waals surface area contributed by atoms with Crippen LogP contribution < -0.4 is 10.6 Å². The Kier molecular flexibility index (Phi) is 5.14. The quantitative estimate of drug-likeness (QED) is 0.846. The van der Waals surface area contributed by atoms with Crippen molar-refractivity contribution in [3.8, 4) is 0 Å². The van der Waals surface area contributed by atoms with E-state index in [2.05, 4.69) is 41.8 Å². The second-order valence-corrected chi connectivity index (χ2v) is 7.06. The van der Waals surface area contributed by atoms with Crippen LogP contribution in [-0.2, 0) is 4.79 Å². The van der Waals surface area contributed by atoms with E-state index in [4.69, 9.17) is 0 Å². The van der Waals surface area contributed by atoms with Crippen LogP contribution >= 0.6 is 0 Å². The first-order valence-electron chi connectivity index (χ1n) is 8.79. The zero-order valence-corrected chi connectivity index (χ0v) is 13.6. The summed E-state index contributed by atoms with van der Waals surface area (Å²) < 4.78 is 0. The molecule has 1 aromatic carbocycles. The highest BCUT2D eigenvalue weighted by atomic mass is 16.1. The molecule has 0 spiro atoms. The van der Waals surface area contributed by atoms with Gasteiger partial charge >= 0.3 is 0 Å². The van der Waals surface area contributed by atoms with Gasteiger partial charge in [-0.2, -0.15) is 0 Å². The lowest BCUT2D eigenvalue weighted by molar-refractivity contribution is -0.123. The molecular weight excluding hydrogens is 272 g/mol. The van der Waals surface area contributed by atoms with Crippen molar-refractivity contribution in [2.24, 2.45) is 17.8 Å². The van der Waals surface area contributed by atoms with Crippen molar-refractivity contribution in [1.82, 2.24) is 10.6 Å². The summed E-state index contributed by atoms with van der Waals surface area (Å²) in [4.78, 5) is 12.5. The number of hydrogen-bond donors (Lipinski definition) is 2. The van der Waals surface area contributed by atoms with Crippen LogP contribution in [0.15, 0.2) is 30.3 Å². The summed E-state index contributed by atoms with van der Waals surface area (Å²) in [5, 5.41) is 6.71. The number of hydrogen-bond acceptors (Lipinski definition) is 2. The molecule has 1 heterocycles. The molecule has 2 fully saturated rings. The average molecular weight is 300 g/mol. The molecule has 0 bridgehead atoms. The van der Waals surface area contributed by atoms with Crippen LogP contribution in [0.4, 0.5) is 0 Å². The molecule has 0 aromatic heterocycles. The topological polar surface area (TPSA) is 41.1 Å². The third-order valence-electron chi connectivity index (χ3n) is 5.26. The average Bonchev–Trinajstić information content (AvgIpc) is 3.39. The van der Waals surface area contributed by atoms with Gasteiger partial charge in [-0.15, -0.1) is 0 Å². The fourth-order valence-electron chi connectivity index (χ4n) is 3.67. The SMILES string of the molecule is CC(CC(=O)NC(c1ccccc1)C1CC1)C1CCNCC1. The molecule has 3 nitrogen and oxygen atoms in total. The molecule has 3 rings (SSSR count). The summed E-state index contributed by atoms with van der Waals surface area (Å²) in [5.41, 5.74) is 1.26. The fourth-order valence-corrected chi connectivity index (χ4v) is 3.67. The number of carbonyl (C=O) groups excluding carboxylic acids is 1. The van der Waals surface area contributed by atoms with Gasteiger partial charge in [0.05, 0.1) is 6.04 Å². The Labute approximate surface area is 133 Å². The van der Waals surface area contributed by atoms with E-state index in [9.17, 15) is 4.79 Å². The zero-order valence-electron chi connectivity index (χ0n) is 13.6. The number of amides is 1. The summed E-state index contributed by atoms with van der Waals surface area (Å²) in [6.07, 6.45) is 5.56. The summed E-state index contributed by atoms with van der Waals surface area (Å²) in [7, 11) is 0. The first kappa shape index (κ1) is 15.5. The van der Waals surface area contributed by atoms with Crippen molar-refractivity contribution in [2.45, 2.75) is 45.1 Å². The zero-order chi connectivity index (χ0) is 15.4. The molecule has 120 valence electrons. The molecule has 2 unspecified atom stereocenters. The van der Waals surface area contributed by atoms with Gasteiger partial charge in [0.1, 0.15) is 0 Å². The van der Waals surface area contributed by atoms with Gasteiger partial charge in [-0.25, -0.2) is 0 Å². The highest BCUT2D eigenvalue weighted by Gasteiger charge is 2.33. The molecule has 22 heavy (non-hydrogen) atoms. The van der Waals surface area contributed by atoms with Gasteiger partial charge in [0.25, 0.3) is 0 Å². The van der Waals surface area contributed by atoms with E-state index < -0.39 is 0 Å². The van der Waals surface area contributed by atoms with E-state index in [-0.39, 0.29) is 11.9 Å². The van der Waals surface area contributed by atoms with Crippen molar-refractivity contribution >= 4 is 5.91 Å². The maximum Gasteiger partial charge on any atom is 0.220 e. The van der Waals surface area contributed by atoms with Gasteiger partial charge in [0.15, 0.2) is 0 Å². The van der Waals surface area contributed by atoms with Gasteiger partial charge in [-0.1, -0.05) is 37.3 Å². The van der Waals surface area contributed by atoms with Crippen LogP contribution in [0.2, 0.25) is 0 Å². The maximum absolute atomic E-state index is 12.5. The molecule has 2 atom stereocenters. The van der Waals surface area contributed by atoms with Crippen molar-refractivity contribution < 1.29 is 4.79 Å². The monoisotopic (exact) mass is 300 g/mol. The minimum atomic E-state index is 0.217. The molecule has 0 radical (unpaired) electrons. The molecule has 1 aliphatic heterocycles. The van der Waals surface area contributed by atoms with E-state index in [0.717, 1.165) is 13.1 Å². The Bertz CT molecular complexity index is 477. The van der Waals surface area contributed by atoms with Gasteiger partial charge in [-0.3, -0.25) is 4.79 Å².